The van der Waals surface area contributed by atoms with Gasteiger partial charge in [0.05, 0.1) is 0 Å². The third kappa shape index (κ3) is 0.948. The number of nitrogens with two attached hydrogens (primary N) is 1. The number of carboxylic acids is 1. The smallest absolute Gasteiger partial charge is 0.320 e. The highest BCUT2D eigenvalue weighted by Gasteiger charge is 2.52. The summed E-state index contributed by atoms with van der Waals surface area (Å²) in [6.07, 6.45) is 3.36. The molecule has 3 fully saturated rings. The van der Waals surface area contributed by atoms with E-state index in [1.807, 2.05) is 0 Å². The van der Waals surface area contributed by atoms with Gasteiger partial charge in [-0.3, -0.25) is 4.79 Å². The Bertz CT molecular complexity index is 179. The van der Waals surface area contributed by atoms with E-state index in [1.54, 1.807) is 0 Å². The van der Waals surface area contributed by atoms with Gasteiger partial charge in [0.1, 0.15) is 6.04 Å². The summed E-state index contributed by atoms with van der Waals surface area (Å²) < 4.78 is 0. The maximum atomic E-state index is 10.4. The Kier molecular flexibility index (Phi) is 1.42. The van der Waals surface area contributed by atoms with Crippen LogP contribution in [0.1, 0.15) is 19.3 Å². The van der Waals surface area contributed by atoms with Crippen molar-refractivity contribution in [2.75, 3.05) is 0 Å². The molecular formula is C8H13NO2. The Hall–Kier alpha value is -0.570. The van der Waals surface area contributed by atoms with Crippen molar-refractivity contribution in [2.24, 2.45) is 23.5 Å². The van der Waals surface area contributed by atoms with Crippen LogP contribution in [-0.2, 0) is 4.79 Å². The standard InChI is InChI=1S/C8H13NO2/c9-7(8(10)11)3-6-4-1-5(6)2-4/h4-7H,1-3,9H2,(H,10,11)/t4?,5?,6?,7-/m0/s1. The van der Waals surface area contributed by atoms with Crippen LogP contribution in [0.2, 0.25) is 0 Å². The van der Waals surface area contributed by atoms with Gasteiger partial charge in [-0.1, -0.05) is 0 Å². The predicted octanol–water partition coefficient (Wildman–Crippen LogP) is 0.444. The van der Waals surface area contributed by atoms with Gasteiger partial charge in [0.15, 0.2) is 0 Å². The first-order valence-corrected chi connectivity index (χ1v) is 4.17. The van der Waals surface area contributed by atoms with Gasteiger partial charge < -0.3 is 10.8 Å². The number of rotatable bonds is 3. The molecule has 11 heavy (non-hydrogen) atoms. The second-order valence-corrected chi connectivity index (χ2v) is 3.84. The second kappa shape index (κ2) is 2.21. The molecule has 2 bridgehead atoms. The summed E-state index contributed by atoms with van der Waals surface area (Å²) in [5, 5.41) is 8.53. The highest BCUT2D eigenvalue weighted by Crippen LogP contribution is 2.60. The van der Waals surface area contributed by atoms with Crippen LogP contribution in [0.25, 0.3) is 0 Å². The fourth-order valence-corrected chi connectivity index (χ4v) is 2.18. The molecule has 3 aliphatic carbocycles. The summed E-state index contributed by atoms with van der Waals surface area (Å²) >= 11 is 0. The Morgan fingerprint density at radius 3 is 2.36 bits per heavy atom. The fourth-order valence-electron chi connectivity index (χ4n) is 2.18. The molecule has 3 heteroatoms. The van der Waals surface area contributed by atoms with E-state index < -0.39 is 12.0 Å². The molecular weight excluding hydrogens is 142 g/mol. The Labute approximate surface area is 65.6 Å². The predicted molar refractivity (Wildman–Crippen MR) is 39.9 cm³/mol. The lowest BCUT2D eigenvalue weighted by Gasteiger charge is -2.58. The average molecular weight is 155 g/mol. The number of aliphatic carboxylic acids is 1. The fraction of sp³-hybridized carbons (Fsp3) is 0.875. The average Bonchev–Trinajstić information content (AvgIpc) is 1.76. The molecule has 0 aliphatic heterocycles. The molecule has 3 rings (SSSR count). The minimum atomic E-state index is -0.851. The van der Waals surface area contributed by atoms with Gasteiger partial charge in [-0.2, -0.15) is 0 Å². The van der Waals surface area contributed by atoms with Crippen LogP contribution in [0.3, 0.4) is 0 Å². The molecule has 0 radical (unpaired) electrons. The van der Waals surface area contributed by atoms with Gasteiger partial charge in [-0.15, -0.1) is 0 Å². The maximum Gasteiger partial charge on any atom is 0.320 e. The molecule has 0 amide bonds. The molecule has 0 aromatic rings. The third-order valence-electron chi connectivity index (χ3n) is 3.27. The summed E-state index contributed by atoms with van der Waals surface area (Å²) in [6.45, 7) is 0. The van der Waals surface area contributed by atoms with E-state index in [1.165, 1.54) is 12.8 Å². The zero-order chi connectivity index (χ0) is 8.01. The topological polar surface area (TPSA) is 63.3 Å². The van der Waals surface area contributed by atoms with Crippen LogP contribution in [-0.4, -0.2) is 17.1 Å². The zero-order valence-corrected chi connectivity index (χ0v) is 6.36. The van der Waals surface area contributed by atoms with Crippen molar-refractivity contribution in [1.82, 2.24) is 0 Å². The molecule has 0 spiro atoms. The zero-order valence-electron chi connectivity index (χ0n) is 6.36. The SMILES string of the molecule is N[C@@H](CC1C2CC1C2)C(=O)O. The normalized spacial score (nSPS) is 42.1. The lowest BCUT2D eigenvalue weighted by molar-refractivity contribution is -0.142. The van der Waals surface area contributed by atoms with Crippen LogP contribution in [0, 0.1) is 17.8 Å². The van der Waals surface area contributed by atoms with Gasteiger partial charge in [0.2, 0.25) is 0 Å². The van der Waals surface area contributed by atoms with E-state index in [9.17, 15) is 4.79 Å². The highest BCUT2D eigenvalue weighted by atomic mass is 16.4. The largest absolute Gasteiger partial charge is 0.480 e. The number of hydrogen-bond donors (Lipinski definition) is 2. The van der Waals surface area contributed by atoms with Crippen LogP contribution < -0.4 is 5.73 Å². The van der Waals surface area contributed by atoms with Crippen molar-refractivity contribution in [2.45, 2.75) is 25.3 Å². The van der Waals surface area contributed by atoms with Crippen LogP contribution in [0.5, 0.6) is 0 Å². The first kappa shape index (κ1) is 7.10. The Morgan fingerprint density at radius 1 is 1.55 bits per heavy atom. The molecule has 0 heterocycles. The third-order valence-corrected chi connectivity index (χ3v) is 3.27. The lowest BCUT2D eigenvalue weighted by Crippen LogP contribution is -2.53. The van der Waals surface area contributed by atoms with E-state index in [0.29, 0.717) is 12.3 Å². The highest BCUT2D eigenvalue weighted by molar-refractivity contribution is 5.73. The Morgan fingerprint density at radius 2 is 2.09 bits per heavy atom. The van der Waals surface area contributed by atoms with E-state index in [-0.39, 0.29) is 0 Å². The van der Waals surface area contributed by atoms with Gasteiger partial charge in [0, 0.05) is 0 Å². The molecule has 1 atom stereocenters. The van der Waals surface area contributed by atoms with Crippen LogP contribution >= 0.6 is 0 Å². The van der Waals surface area contributed by atoms with Crippen LogP contribution in [0.4, 0.5) is 0 Å². The van der Waals surface area contributed by atoms with Crippen molar-refractivity contribution in [3.05, 3.63) is 0 Å². The van der Waals surface area contributed by atoms with E-state index >= 15 is 0 Å². The number of hydrogen-bond acceptors (Lipinski definition) is 2. The second-order valence-electron chi connectivity index (χ2n) is 3.84. The summed E-state index contributed by atoms with van der Waals surface area (Å²) in [6, 6.07) is -0.620. The van der Waals surface area contributed by atoms with Crippen molar-refractivity contribution in [1.29, 1.82) is 0 Å². The molecule has 3 N–H and O–H groups in total. The van der Waals surface area contributed by atoms with Gasteiger partial charge in [-0.25, -0.2) is 0 Å². The number of carbonyl (C=O) groups is 1. The van der Waals surface area contributed by atoms with Crippen LogP contribution in [0.15, 0.2) is 0 Å². The minimum Gasteiger partial charge on any atom is -0.480 e. The molecule has 3 aliphatic rings. The molecule has 0 aromatic carbocycles. The quantitative estimate of drug-likeness (QED) is 0.621. The summed E-state index contributed by atoms with van der Waals surface area (Å²) in [7, 11) is 0. The van der Waals surface area contributed by atoms with E-state index in [4.69, 9.17) is 10.8 Å². The first-order valence-electron chi connectivity index (χ1n) is 4.17. The summed E-state index contributed by atoms with van der Waals surface area (Å²) in [4.78, 5) is 10.4. The van der Waals surface area contributed by atoms with Gasteiger partial charge >= 0.3 is 5.97 Å². The van der Waals surface area contributed by atoms with Gasteiger partial charge in [0.25, 0.3) is 0 Å². The van der Waals surface area contributed by atoms with Crippen molar-refractivity contribution < 1.29 is 9.90 Å². The van der Waals surface area contributed by atoms with Crippen molar-refractivity contribution in [3.63, 3.8) is 0 Å². The monoisotopic (exact) mass is 155 g/mol. The Balaban J connectivity index is 1.78. The van der Waals surface area contributed by atoms with Crippen molar-refractivity contribution in [3.8, 4) is 0 Å². The first-order chi connectivity index (χ1) is 5.18. The lowest BCUT2D eigenvalue weighted by atomic mass is 9.47. The van der Waals surface area contributed by atoms with Crippen molar-refractivity contribution >= 4 is 5.97 Å². The molecule has 0 aromatic heterocycles. The summed E-state index contributed by atoms with van der Waals surface area (Å²) in [5.41, 5.74) is 5.41. The molecule has 0 unspecified atom stereocenters. The van der Waals surface area contributed by atoms with Gasteiger partial charge in [-0.05, 0) is 37.0 Å². The van der Waals surface area contributed by atoms with E-state index in [0.717, 1.165) is 11.8 Å². The van der Waals surface area contributed by atoms with E-state index in [2.05, 4.69) is 0 Å². The summed E-state index contributed by atoms with van der Waals surface area (Å²) in [5.74, 6) is 1.45. The minimum absolute atomic E-state index is 0.620. The molecule has 3 saturated carbocycles. The molecule has 3 nitrogen and oxygen atoms in total. The molecule has 62 valence electrons. The maximum absolute atomic E-state index is 10.4. The number of carboxylic acid groups (broad SMARTS) is 1. The molecule has 0 saturated heterocycles.